The zero-order valence-corrected chi connectivity index (χ0v) is 16.1. The monoisotopic (exact) mass is 360 g/mol. The van der Waals surface area contributed by atoms with E-state index in [0.29, 0.717) is 12.8 Å². The molecule has 25 heavy (non-hydrogen) atoms. The molecule has 1 fully saturated rings. The maximum Gasteiger partial charge on any atom is 0.312 e. The zero-order valence-electron chi connectivity index (χ0n) is 16.1. The number of aliphatic hydroxyl groups excluding tert-OH is 1. The third-order valence-electron chi connectivity index (χ3n) is 4.51. The molecule has 0 unspecified atom stereocenters. The van der Waals surface area contributed by atoms with Crippen LogP contribution in [0.25, 0.3) is 0 Å². The molecule has 0 aromatic heterocycles. The van der Waals surface area contributed by atoms with Crippen LogP contribution >= 0.6 is 0 Å². The van der Waals surface area contributed by atoms with E-state index >= 15 is 0 Å². The number of aliphatic hydroxyl groups is 1. The molecule has 7 nitrogen and oxygen atoms in total. The number of hydrogen-bond donors (Lipinski definition) is 1. The molecule has 1 aliphatic heterocycles. The van der Waals surface area contributed by atoms with E-state index in [2.05, 4.69) is 0 Å². The number of hydrogen-bond acceptors (Lipinski definition) is 7. The average Bonchev–Trinajstić information content (AvgIpc) is 2.80. The molecule has 146 valence electrons. The summed E-state index contributed by atoms with van der Waals surface area (Å²) < 4.78 is 21.8. The van der Waals surface area contributed by atoms with E-state index in [9.17, 15) is 9.59 Å². The Kier molecular flexibility index (Phi) is 8.31. The maximum absolute atomic E-state index is 12.4. The van der Waals surface area contributed by atoms with Gasteiger partial charge in [0.15, 0.2) is 5.79 Å². The van der Waals surface area contributed by atoms with Gasteiger partial charge in [-0.05, 0) is 46.5 Å². The van der Waals surface area contributed by atoms with Crippen molar-refractivity contribution in [3.63, 3.8) is 0 Å². The van der Waals surface area contributed by atoms with Crippen molar-refractivity contribution in [1.82, 2.24) is 0 Å². The van der Waals surface area contributed by atoms with Gasteiger partial charge < -0.3 is 24.1 Å². The highest BCUT2D eigenvalue weighted by Gasteiger charge is 2.41. The Morgan fingerprint density at radius 3 is 2.36 bits per heavy atom. The molecule has 0 aromatic rings. The number of esters is 2. The van der Waals surface area contributed by atoms with E-state index in [1.165, 1.54) is 7.11 Å². The number of carbonyl (C=O) groups is 2. The fraction of sp³-hybridized carbons (Fsp3) is 0.889. The van der Waals surface area contributed by atoms with Gasteiger partial charge in [0.05, 0.1) is 31.7 Å². The van der Waals surface area contributed by atoms with Crippen LogP contribution in [0.2, 0.25) is 0 Å². The van der Waals surface area contributed by atoms with Crippen LogP contribution in [0.3, 0.4) is 0 Å². The van der Waals surface area contributed by atoms with Crippen molar-refractivity contribution in [2.45, 2.75) is 78.0 Å². The second kappa shape index (κ2) is 9.50. The van der Waals surface area contributed by atoms with Crippen molar-refractivity contribution < 1.29 is 33.6 Å². The lowest BCUT2D eigenvalue weighted by Crippen LogP contribution is -2.37. The quantitative estimate of drug-likeness (QED) is 0.629. The van der Waals surface area contributed by atoms with Gasteiger partial charge in [0.1, 0.15) is 6.10 Å². The molecule has 7 heteroatoms. The van der Waals surface area contributed by atoms with E-state index in [-0.39, 0.29) is 31.2 Å². The SMILES string of the molecule is COC(=O)[C@H](C)[C@H](OC(=O)C[C@H]1OC(C)(C)O[C@@H]1C)[C@@H](C)CCCO. The van der Waals surface area contributed by atoms with Gasteiger partial charge in [0, 0.05) is 6.61 Å². The van der Waals surface area contributed by atoms with Gasteiger partial charge in [-0.15, -0.1) is 0 Å². The van der Waals surface area contributed by atoms with E-state index < -0.39 is 29.7 Å². The molecule has 1 N–H and O–H groups in total. The van der Waals surface area contributed by atoms with Crippen LogP contribution in [0.1, 0.15) is 53.9 Å². The lowest BCUT2D eigenvalue weighted by molar-refractivity contribution is -0.167. The Labute approximate surface area is 150 Å². The lowest BCUT2D eigenvalue weighted by atomic mass is 9.90. The van der Waals surface area contributed by atoms with Crippen molar-refractivity contribution in [2.24, 2.45) is 11.8 Å². The minimum atomic E-state index is -0.725. The molecule has 0 aliphatic carbocycles. The molecular formula is C18H32O7. The van der Waals surface area contributed by atoms with Crippen LogP contribution in [0.5, 0.6) is 0 Å². The smallest absolute Gasteiger partial charge is 0.312 e. The maximum atomic E-state index is 12.4. The third-order valence-corrected chi connectivity index (χ3v) is 4.51. The molecule has 1 saturated heterocycles. The Hall–Kier alpha value is -1.18. The Bertz CT molecular complexity index is 449. The summed E-state index contributed by atoms with van der Waals surface area (Å²) in [6.07, 6.45) is 0.0602. The van der Waals surface area contributed by atoms with Crippen LogP contribution in [-0.4, -0.2) is 54.9 Å². The van der Waals surface area contributed by atoms with E-state index in [1.807, 2.05) is 13.8 Å². The number of rotatable bonds is 9. The molecule has 1 heterocycles. The summed E-state index contributed by atoms with van der Waals surface area (Å²) in [5.41, 5.74) is 0. The fourth-order valence-corrected chi connectivity index (χ4v) is 3.19. The lowest BCUT2D eigenvalue weighted by Gasteiger charge is -2.28. The number of methoxy groups -OCH3 is 1. The summed E-state index contributed by atoms with van der Waals surface area (Å²) in [4.78, 5) is 24.3. The summed E-state index contributed by atoms with van der Waals surface area (Å²) in [5, 5.41) is 9.01. The van der Waals surface area contributed by atoms with Gasteiger partial charge in [-0.1, -0.05) is 6.92 Å². The molecule has 0 aromatic carbocycles. The predicted molar refractivity (Wildman–Crippen MR) is 90.7 cm³/mol. The molecule has 1 rings (SSSR count). The third kappa shape index (κ3) is 6.56. The highest BCUT2D eigenvalue weighted by atomic mass is 16.8. The van der Waals surface area contributed by atoms with Gasteiger partial charge in [0.25, 0.3) is 0 Å². The largest absolute Gasteiger partial charge is 0.469 e. The average molecular weight is 360 g/mol. The van der Waals surface area contributed by atoms with Gasteiger partial charge >= 0.3 is 11.9 Å². The van der Waals surface area contributed by atoms with Crippen LogP contribution in [0.15, 0.2) is 0 Å². The van der Waals surface area contributed by atoms with Crippen LogP contribution < -0.4 is 0 Å². The van der Waals surface area contributed by atoms with Gasteiger partial charge in [-0.3, -0.25) is 9.59 Å². The molecule has 0 spiro atoms. The summed E-state index contributed by atoms with van der Waals surface area (Å²) in [6.45, 7) is 9.08. The van der Waals surface area contributed by atoms with Crippen molar-refractivity contribution in [1.29, 1.82) is 0 Å². The molecule has 0 saturated carbocycles. The van der Waals surface area contributed by atoms with E-state index in [0.717, 1.165) is 0 Å². The number of ether oxygens (including phenoxy) is 4. The summed E-state index contributed by atoms with van der Waals surface area (Å²) >= 11 is 0. The van der Waals surface area contributed by atoms with Gasteiger partial charge in [0.2, 0.25) is 0 Å². The summed E-state index contributed by atoms with van der Waals surface area (Å²) in [7, 11) is 1.31. The first-order valence-electron chi connectivity index (χ1n) is 8.85. The first kappa shape index (κ1) is 21.9. The second-order valence-corrected chi connectivity index (χ2v) is 7.19. The summed E-state index contributed by atoms with van der Waals surface area (Å²) in [5.74, 6) is -2.26. The van der Waals surface area contributed by atoms with Crippen molar-refractivity contribution in [3.8, 4) is 0 Å². The topological polar surface area (TPSA) is 91.3 Å². The van der Waals surface area contributed by atoms with Gasteiger partial charge in [-0.25, -0.2) is 0 Å². The Morgan fingerprint density at radius 2 is 1.88 bits per heavy atom. The molecule has 1 aliphatic rings. The first-order chi connectivity index (χ1) is 11.6. The second-order valence-electron chi connectivity index (χ2n) is 7.19. The van der Waals surface area contributed by atoms with Crippen LogP contribution in [-0.2, 0) is 28.5 Å². The highest BCUT2D eigenvalue weighted by Crippen LogP contribution is 2.30. The summed E-state index contributed by atoms with van der Waals surface area (Å²) in [6, 6.07) is 0. The number of carbonyl (C=O) groups excluding carboxylic acids is 2. The minimum absolute atomic E-state index is 0.0530. The standard InChI is InChI=1S/C18H32O7/c1-11(8-7-9-19)16(12(2)17(21)22-6)23-15(20)10-14-13(3)24-18(4,5)25-14/h11-14,16,19H,7-10H2,1-6H3/t11-,12+,13+,14+,16+/m0/s1. The minimum Gasteiger partial charge on any atom is -0.469 e. The first-order valence-corrected chi connectivity index (χ1v) is 8.85. The predicted octanol–water partition coefficient (Wildman–Crippen LogP) is 2.05. The molecule has 0 radical (unpaired) electrons. The van der Waals surface area contributed by atoms with Crippen LogP contribution in [0, 0.1) is 11.8 Å². The molecule has 0 bridgehead atoms. The Balaban J connectivity index is 2.72. The van der Waals surface area contributed by atoms with Crippen molar-refractivity contribution >= 4 is 11.9 Å². The van der Waals surface area contributed by atoms with Crippen molar-refractivity contribution in [3.05, 3.63) is 0 Å². The van der Waals surface area contributed by atoms with E-state index in [1.54, 1.807) is 20.8 Å². The molecule has 0 amide bonds. The van der Waals surface area contributed by atoms with E-state index in [4.69, 9.17) is 24.1 Å². The normalized spacial score (nSPS) is 25.9. The van der Waals surface area contributed by atoms with Crippen LogP contribution in [0.4, 0.5) is 0 Å². The fourth-order valence-electron chi connectivity index (χ4n) is 3.19. The zero-order chi connectivity index (χ0) is 19.2. The van der Waals surface area contributed by atoms with Gasteiger partial charge in [-0.2, -0.15) is 0 Å². The molecule has 5 atom stereocenters. The highest BCUT2D eigenvalue weighted by molar-refractivity contribution is 5.74. The van der Waals surface area contributed by atoms with Crippen molar-refractivity contribution in [2.75, 3.05) is 13.7 Å². The Morgan fingerprint density at radius 1 is 1.24 bits per heavy atom. The molecular weight excluding hydrogens is 328 g/mol.